The zero-order valence-corrected chi connectivity index (χ0v) is 38.3. The first-order valence-corrected chi connectivity index (χ1v) is 24.5. The van der Waals surface area contributed by atoms with Crippen LogP contribution in [-0.4, -0.2) is 11.3 Å². The van der Waals surface area contributed by atoms with E-state index in [2.05, 4.69) is 270 Å². The van der Waals surface area contributed by atoms with Gasteiger partial charge in [-0.05, 0) is 133 Å². The maximum atomic E-state index is 2.53. The van der Waals surface area contributed by atoms with Crippen LogP contribution in [0.4, 0.5) is 17.1 Å². The van der Waals surface area contributed by atoms with Gasteiger partial charge in [0.1, 0.15) is 0 Å². The van der Waals surface area contributed by atoms with Crippen LogP contribution in [0.1, 0.15) is 22.3 Å². The lowest BCUT2D eigenvalue weighted by Gasteiger charge is -2.42. The fourth-order valence-electron chi connectivity index (χ4n) is 12.8. The first-order valence-electron chi connectivity index (χ1n) is 24.5. The molecule has 1 atom stereocenters. The lowest BCUT2D eigenvalue weighted by atomic mass is 9.32. The van der Waals surface area contributed by atoms with Crippen molar-refractivity contribution in [2.75, 3.05) is 4.90 Å². The van der Waals surface area contributed by atoms with Crippen molar-refractivity contribution in [3.05, 3.63) is 283 Å². The van der Waals surface area contributed by atoms with Gasteiger partial charge in [-0.1, -0.05) is 211 Å². The van der Waals surface area contributed by atoms with Gasteiger partial charge in [0, 0.05) is 33.5 Å². The molecule has 1 spiro atoms. The highest BCUT2D eigenvalue weighted by Crippen LogP contribution is 2.58. The molecule has 3 aliphatic rings. The molecule has 12 aromatic rings. The molecule has 2 aliphatic heterocycles. The predicted octanol–water partition coefficient (Wildman–Crippen LogP) is 14.8. The number of benzene rings is 11. The summed E-state index contributed by atoms with van der Waals surface area (Å²) in [5.41, 5.74) is 26.3. The van der Waals surface area contributed by atoms with Crippen LogP contribution in [0.15, 0.2) is 261 Å². The number of rotatable bonds is 6. The first-order chi connectivity index (χ1) is 34.7. The van der Waals surface area contributed by atoms with Crippen molar-refractivity contribution in [3.8, 4) is 50.2 Å². The molecule has 1 aromatic heterocycles. The van der Waals surface area contributed by atoms with Crippen LogP contribution in [-0.2, 0) is 5.41 Å². The second-order valence-corrected chi connectivity index (χ2v) is 19.1. The van der Waals surface area contributed by atoms with Crippen LogP contribution in [0, 0.1) is 0 Å². The number of anilines is 3. The van der Waals surface area contributed by atoms with Gasteiger partial charge in [-0.25, -0.2) is 0 Å². The summed E-state index contributed by atoms with van der Waals surface area (Å²) in [6.07, 6.45) is 0. The van der Waals surface area contributed by atoms with Gasteiger partial charge in [-0.15, -0.1) is 0 Å². The van der Waals surface area contributed by atoms with Gasteiger partial charge in [0.15, 0.2) is 0 Å². The van der Waals surface area contributed by atoms with Crippen molar-refractivity contribution in [2.24, 2.45) is 0 Å². The lowest BCUT2D eigenvalue weighted by molar-refractivity contribution is 0.776. The van der Waals surface area contributed by atoms with Gasteiger partial charge in [-0.2, -0.15) is 0 Å². The summed E-state index contributed by atoms with van der Waals surface area (Å²) in [7, 11) is 0. The van der Waals surface area contributed by atoms with Crippen molar-refractivity contribution in [3.63, 3.8) is 0 Å². The molecular formula is C67H43BN2. The number of para-hydroxylation sites is 4. The van der Waals surface area contributed by atoms with Gasteiger partial charge in [0.05, 0.1) is 16.4 Å². The summed E-state index contributed by atoms with van der Waals surface area (Å²) in [4.78, 5) is 2.33. The number of hydrogen-bond donors (Lipinski definition) is 0. The topological polar surface area (TPSA) is 8.17 Å². The molecule has 15 rings (SSSR count). The molecule has 0 amide bonds. The molecule has 11 aromatic carbocycles. The average molecular weight is 887 g/mol. The van der Waals surface area contributed by atoms with Crippen molar-refractivity contribution >= 4 is 62.0 Å². The van der Waals surface area contributed by atoms with Crippen molar-refractivity contribution in [2.45, 2.75) is 5.41 Å². The summed E-state index contributed by atoms with van der Waals surface area (Å²) in [6.45, 7) is 0.108. The molecule has 2 nitrogen and oxygen atoms in total. The molecule has 0 bridgehead atoms. The zero-order chi connectivity index (χ0) is 45.9. The molecule has 1 aliphatic carbocycles. The Balaban J connectivity index is 0.871. The largest absolute Gasteiger partial charge is 0.311 e. The molecule has 1 unspecified atom stereocenters. The second kappa shape index (κ2) is 15.0. The minimum atomic E-state index is -0.505. The van der Waals surface area contributed by atoms with Gasteiger partial charge in [-0.3, -0.25) is 0 Å². The van der Waals surface area contributed by atoms with Gasteiger partial charge >= 0.3 is 0 Å². The zero-order valence-electron chi connectivity index (χ0n) is 38.3. The molecule has 0 radical (unpaired) electrons. The summed E-state index contributed by atoms with van der Waals surface area (Å²) >= 11 is 0. The van der Waals surface area contributed by atoms with E-state index in [1.54, 1.807) is 0 Å². The van der Waals surface area contributed by atoms with E-state index in [1.165, 1.54) is 105 Å². The quantitative estimate of drug-likeness (QED) is 0.151. The highest BCUT2D eigenvalue weighted by molar-refractivity contribution is 7.00. The number of fused-ring (bicyclic) bond motifs is 15. The van der Waals surface area contributed by atoms with E-state index in [-0.39, 0.29) is 6.71 Å². The molecule has 70 heavy (non-hydrogen) atoms. The predicted molar refractivity (Wildman–Crippen MR) is 294 cm³/mol. The fraction of sp³-hybridized carbons (Fsp3) is 0.0149. The van der Waals surface area contributed by atoms with Crippen LogP contribution in [0.5, 0.6) is 0 Å². The third kappa shape index (κ3) is 5.46. The summed E-state index contributed by atoms with van der Waals surface area (Å²) < 4.78 is 2.42. The third-order valence-corrected chi connectivity index (χ3v) is 15.7. The average Bonchev–Trinajstić information content (AvgIpc) is 4.06. The minimum absolute atomic E-state index is 0.108. The van der Waals surface area contributed by atoms with Crippen LogP contribution < -0.4 is 21.3 Å². The standard InChI is InChI=1S/C67H43BN2/c1-3-18-48(19-4-1)69(49-20-5-2-6-21-49)50-37-33-44(34-38-50)47-36-40-54-57-26-16-29-60-66(57)68(63(54)43-47)62-30-12-11-28-59(62)67(60)58-27-10-7-23-52(58)53-39-35-46(42-61(53)67)45-17-15-22-51(41-45)70-64-31-13-8-24-55(64)56-25-9-14-32-65(56)70/h1-43H. The Morgan fingerprint density at radius 2 is 0.843 bits per heavy atom. The Bertz CT molecular complexity index is 3980. The van der Waals surface area contributed by atoms with Crippen LogP contribution in [0.25, 0.3) is 72.0 Å². The first kappa shape index (κ1) is 39.1. The Labute approximate surface area is 408 Å². The normalized spacial score (nSPS) is 14.6. The summed E-state index contributed by atoms with van der Waals surface area (Å²) in [6, 6.07) is 97.2. The molecule has 0 fully saturated rings. The summed E-state index contributed by atoms with van der Waals surface area (Å²) in [5, 5.41) is 2.54. The van der Waals surface area contributed by atoms with Crippen LogP contribution in [0.3, 0.4) is 0 Å². The number of hydrogen-bond acceptors (Lipinski definition) is 1. The SMILES string of the molecule is c1ccc(N(c2ccccc2)c2ccc(-c3ccc4c(c3)B3c5ccccc5C5(c6ccccc6-c6ccc(-c7cccc(-n8c9ccccc9c9ccccc98)c7)cc65)c5cccc-4c53)cc2)cc1. The Morgan fingerprint density at radius 3 is 1.59 bits per heavy atom. The molecule has 324 valence electrons. The Kier molecular flexibility index (Phi) is 8.41. The molecule has 0 saturated carbocycles. The van der Waals surface area contributed by atoms with Gasteiger partial charge in [0.2, 0.25) is 6.71 Å². The smallest absolute Gasteiger partial charge is 0.243 e. The number of aromatic nitrogens is 1. The molecule has 0 N–H and O–H groups in total. The van der Waals surface area contributed by atoms with Gasteiger partial charge < -0.3 is 9.47 Å². The third-order valence-electron chi connectivity index (χ3n) is 15.7. The van der Waals surface area contributed by atoms with E-state index in [4.69, 9.17) is 0 Å². The second-order valence-electron chi connectivity index (χ2n) is 19.1. The van der Waals surface area contributed by atoms with E-state index >= 15 is 0 Å². The fourth-order valence-corrected chi connectivity index (χ4v) is 12.8. The Morgan fingerprint density at radius 1 is 0.314 bits per heavy atom. The van der Waals surface area contributed by atoms with E-state index in [9.17, 15) is 0 Å². The van der Waals surface area contributed by atoms with Crippen molar-refractivity contribution in [1.29, 1.82) is 0 Å². The van der Waals surface area contributed by atoms with Crippen LogP contribution in [0.2, 0.25) is 0 Å². The van der Waals surface area contributed by atoms with Crippen molar-refractivity contribution in [1.82, 2.24) is 4.57 Å². The van der Waals surface area contributed by atoms with E-state index in [1.807, 2.05) is 0 Å². The molecule has 3 heteroatoms. The monoisotopic (exact) mass is 886 g/mol. The van der Waals surface area contributed by atoms with E-state index < -0.39 is 5.41 Å². The molecule has 3 heterocycles. The Hall–Kier alpha value is -8.92. The van der Waals surface area contributed by atoms with Crippen molar-refractivity contribution < 1.29 is 0 Å². The minimum Gasteiger partial charge on any atom is -0.311 e. The van der Waals surface area contributed by atoms with Crippen LogP contribution >= 0.6 is 0 Å². The molecular weight excluding hydrogens is 844 g/mol. The molecule has 0 saturated heterocycles. The van der Waals surface area contributed by atoms with Gasteiger partial charge in [0.25, 0.3) is 0 Å². The summed E-state index contributed by atoms with van der Waals surface area (Å²) in [5.74, 6) is 0. The maximum Gasteiger partial charge on any atom is 0.243 e. The number of nitrogens with zero attached hydrogens (tertiary/aromatic N) is 2. The highest BCUT2D eigenvalue weighted by Gasteiger charge is 2.54. The highest BCUT2D eigenvalue weighted by atomic mass is 15.1. The van der Waals surface area contributed by atoms with E-state index in [0.717, 1.165) is 22.7 Å². The van der Waals surface area contributed by atoms with E-state index in [0.29, 0.717) is 0 Å². The lowest BCUT2D eigenvalue weighted by Crippen LogP contribution is -2.59. The maximum absolute atomic E-state index is 2.53.